The van der Waals surface area contributed by atoms with Crippen LogP contribution in [0.15, 0.2) is 29.2 Å². The molecule has 102 valence electrons. The maximum absolute atomic E-state index is 5.68. The highest BCUT2D eigenvalue weighted by Crippen LogP contribution is 2.19. The first-order valence-electron chi connectivity index (χ1n) is 6.61. The highest BCUT2D eigenvalue weighted by Gasteiger charge is 1.96. The molecule has 0 heterocycles. The lowest BCUT2D eigenvalue weighted by atomic mass is 10.2. The maximum Gasteiger partial charge on any atom is 0.119 e. The molecule has 0 spiro atoms. The van der Waals surface area contributed by atoms with Crippen LogP contribution in [0.25, 0.3) is 0 Å². The molecule has 0 amide bonds. The topological polar surface area (TPSA) is 18.5 Å². The van der Waals surface area contributed by atoms with E-state index in [2.05, 4.69) is 32.2 Å². The van der Waals surface area contributed by atoms with Gasteiger partial charge in [-0.15, -0.1) is 11.8 Å². The van der Waals surface area contributed by atoms with E-state index in [1.807, 2.05) is 12.1 Å². The van der Waals surface area contributed by atoms with Gasteiger partial charge < -0.3 is 9.47 Å². The Morgan fingerprint density at radius 2 is 1.67 bits per heavy atom. The second kappa shape index (κ2) is 9.29. The molecular weight excluding hydrogens is 244 g/mol. The molecule has 3 heteroatoms. The van der Waals surface area contributed by atoms with Crippen molar-refractivity contribution in [2.75, 3.05) is 19.5 Å². The molecule has 0 saturated carbocycles. The van der Waals surface area contributed by atoms with E-state index >= 15 is 0 Å². The van der Waals surface area contributed by atoms with Gasteiger partial charge in [0.25, 0.3) is 0 Å². The van der Waals surface area contributed by atoms with Crippen LogP contribution in [-0.4, -0.2) is 25.6 Å². The van der Waals surface area contributed by atoms with Crippen LogP contribution in [0.1, 0.15) is 33.1 Å². The Morgan fingerprint density at radius 3 is 2.28 bits per heavy atom. The molecule has 0 atom stereocenters. The van der Waals surface area contributed by atoms with Gasteiger partial charge >= 0.3 is 0 Å². The quantitative estimate of drug-likeness (QED) is 0.489. The molecule has 0 aromatic heterocycles. The molecule has 0 N–H and O–H groups in total. The number of ether oxygens (including phenoxy) is 2. The van der Waals surface area contributed by atoms with Crippen molar-refractivity contribution >= 4 is 11.8 Å². The van der Waals surface area contributed by atoms with Crippen molar-refractivity contribution in [3.63, 3.8) is 0 Å². The molecule has 0 unspecified atom stereocenters. The molecule has 1 aromatic carbocycles. The van der Waals surface area contributed by atoms with E-state index < -0.39 is 0 Å². The van der Waals surface area contributed by atoms with E-state index in [4.69, 9.17) is 9.47 Å². The standard InChI is InChI=1S/C15H24O2S/c1-13(2)16-11-5-4-6-12-17-14-7-9-15(18-3)10-8-14/h7-10,13H,4-6,11-12H2,1-3H3. The van der Waals surface area contributed by atoms with Crippen molar-refractivity contribution in [3.8, 4) is 5.75 Å². The van der Waals surface area contributed by atoms with E-state index in [0.717, 1.165) is 38.2 Å². The Bertz CT molecular complexity index is 309. The Hall–Kier alpha value is -0.670. The zero-order valence-electron chi connectivity index (χ0n) is 11.6. The number of benzene rings is 1. The van der Waals surface area contributed by atoms with Crippen molar-refractivity contribution in [3.05, 3.63) is 24.3 Å². The number of rotatable bonds is 9. The first-order chi connectivity index (χ1) is 8.72. The molecule has 0 aliphatic carbocycles. The fraction of sp³-hybridized carbons (Fsp3) is 0.600. The van der Waals surface area contributed by atoms with Crippen LogP contribution in [0.2, 0.25) is 0 Å². The van der Waals surface area contributed by atoms with Gasteiger partial charge in [-0.25, -0.2) is 0 Å². The molecule has 0 radical (unpaired) electrons. The lowest BCUT2D eigenvalue weighted by Gasteiger charge is -2.08. The van der Waals surface area contributed by atoms with Crippen LogP contribution >= 0.6 is 11.8 Å². The molecule has 1 rings (SSSR count). The van der Waals surface area contributed by atoms with Gasteiger partial charge in [-0.3, -0.25) is 0 Å². The second-order valence-corrected chi connectivity index (χ2v) is 5.38. The lowest BCUT2D eigenvalue weighted by Crippen LogP contribution is -2.04. The van der Waals surface area contributed by atoms with Crippen molar-refractivity contribution in [2.24, 2.45) is 0 Å². The minimum Gasteiger partial charge on any atom is -0.494 e. The van der Waals surface area contributed by atoms with Crippen LogP contribution in [-0.2, 0) is 4.74 Å². The Labute approximate surface area is 115 Å². The minimum absolute atomic E-state index is 0.344. The first-order valence-corrected chi connectivity index (χ1v) is 7.83. The van der Waals surface area contributed by atoms with E-state index in [0.29, 0.717) is 6.10 Å². The van der Waals surface area contributed by atoms with Gasteiger partial charge in [0.1, 0.15) is 5.75 Å². The van der Waals surface area contributed by atoms with Crippen molar-refractivity contribution < 1.29 is 9.47 Å². The third-order valence-corrected chi connectivity index (χ3v) is 3.31. The van der Waals surface area contributed by atoms with Gasteiger partial charge in [0.2, 0.25) is 0 Å². The summed E-state index contributed by atoms with van der Waals surface area (Å²) in [6.07, 6.45) is 5.79. The summed E-state index contributed by atoms with van der Waals surface area (Å²) in [4.78, 5) is 1.27. The summed E-state index contributed by atoms with van der Waals surface area (Å²) in [5.74, 6) is 0.964. The Morgan fingerprint density at radius 1 is 1.00 bits per heavy atom. The monoisotopic (exact) mass is 268 g/mol. The zero-order chi connectivity index (χ0) is 13.2. The molecular formula is C15H24O2S. The van der Waals surface area contributed by atoms with E-state index in [-0.39, 0.29) is 0 Å². The number of unbranched alkanes of at least 4 members (excludes halogenated alkanes) is 2. The zero-order valence-corrected chi connectivity index (χ0v) is 12.5. The van der Waals surface area contributed by atoms with Gasteiger partial charge in [0.15, 0.2) is 0 Å². The highest BCUT2D eigenvalue weighted by molar-refractivity contribution is 7.98. The van der Waals surface area contributed by atoms with Crippen LogP contribution in [0.5, 0.6) is 5.75 Å². The fourth-order valence-electron chi connectivity index (χ4n) is 1.56. The third kappa shape index (κ3) is 6.92. The summed E-state index contributed by atoms with van der Waals surface area (Å²) in [6.45, 7) is 5.79. The lowest BCUT2D eigenvalue weighted by molar-refractivity contribution is 0.0752. The van der Waals surface area contributed by atoms with E-state index in [9.17, 15) is 0 Å². The summed E-state index contributed by atoms with van der Waals surface area (Å²) in [5, 5.41) is 0. The molecule has 0 fully saturated rings. The normalized spacial score (nSPS) is 10.9. The Kier molecular flexibility index (Phi) is 7.94. The average molecular weight is 268 g/mol. The van der Waals surface area contributed by atoms with Crippen LogP contribution in [0.3, 0.4) is 0 Å². The van der Waals surface area contributed by atoms with Gasteiger partial charge in [-0.1, -0.05) is 0 Å². The predicted octanol–water partition coefficient (Wildman–Crippen LogP) is 4.38. The molecule has 2 nitrogen and oxygen atoms in total. The van der Waals surface area contributed by atoms with Gasteiger partial charge in [0, 0.05) is 11.5 Å². The molecule has 0 aliphatic heterocycles. The minimum atomic E-state index is 0.344. The van der Waals surface area contributed by atoms with Crippen molar-refractivity contribution in [1.82, 2.24) is 0 Å². The second-order valence-electron chi connectivity index (χ2n) is 4.50. The number of thioether (sulfide) groups is 1. The number of hydrogen-bond donors (Lipinski definition) is 0. The van der Waals surface area contributed by atoms with Crippen LogP contribution < -0.4 is 4.74 Å². The first kappa shape index (κ1) is 15.4. The van der Waals surface area contributed by atoms with Crippen LogP contribution in [0, 0.1) is 0 Å². The predicted molar refractivity (Wildman–Crippen MR) is 78.7 cm³/mol. The molecule has 1 aromatic rings. The van der Waals surface area contributed by atoms with E-state index in [1.165, 1.54) is 4.90 Å². The fourth-order valence-corrected chi connectivity index (χ4v) is 1.97. The highest BCUT2D eigenvalue weighted by atomic mass is 32.2. The van der Waals surface area contributed by atoms with Gasteiger partial charge in [-0.2, -0.15) is 0 Å². The smallest absolute Gasteiger partial charge is 0.119 e. The Balaban J connectivity index is 2.03. The summed E-state index contributed by atoms with van der Waals surface area (Å²) in [5.41, 5.74) is 0. The SMILES string of the molecule is CSc1ccc(OCCCCCOC(C)C)cc1. The average Bonchev–Trinajstić information content (AvgIpc) is 2.38. The molecule has 0 saturated heterocycles. The van der Waals surface area contributed by atoms with Crippen molar-refractivity contribution in [1.29, 1.82) is 0 Å². The summed E-state index contributed by atoms with van der Waals surface area (Å²) < 4.78 is 11.2. The largest absolute Gasteiger partial charge is 0.494 e. The summed E-state index contributed by atoms with van der Waals surface area (Å²) in [7, 11) is 0. The van der Waals surface area contributed by atoms with E-state index in [1.54, 1.807) is 11.8 Å². The molecule has 0 aliphatic rings. The number of hydrogen-bond acceptors (Lipinski definition) is 3. The third-order valence-electron chi connectivity index (χ3n) is 2.57. The molecule has 18 heavy (non-hydrogen) atoms. The maximum atomic E-state index is 5.68. The van der Waals surface area contributed by atoms with Crippen LogP contribution in [0.4, 0.5) is 0 Å². The summed E-state index contributed by atoms with van der Waals surface area (Å²) in [6, 6.07) is 8.26. The van der Waals surface area contributed by atoms with Gasteiger partial charge in [-0.05, 0) is 63.6 Å². The van der Waals surface area contributed by atoms with Crippen molar-refractivity contribution in [2.45, 2.75) is 44.1 Å². The summed E-state index contributed by atoms with van der Waals surface area (Å²) >= 11 is 1.75. The molecule has 0 bridgehead atoms. The van der Waals surface area contributed by atoms with Gasteiger partial charge in [0.05, 0.1) is 12.7 Å².